The number of nitrogens with one attached hydrogen (secondary N) is 1. The number of aromatic nitrogens is 2. The first-order chi connectivity index (χ1) is 9.49. The molecule has 0 aliphatic heterocycles. The molecule has 0 unspecified atom stereocenters. The van der Waals surface area contributed by atoms with E-state index in [9.17, 15) is 15.2 Å². The molecule has 1 fully saturated rings. The van der Waals surface area contributed by atoms with E-state index in [4.69, 9.17) is 0 Å². The fourth-order valence-electron chi connectivity index (χ4n) is 2.88. The van der Waals surface area contributed by atoms with Gasteiger partial charge in [-0.25, -0.2) is 0 Å². The van der Waals surface area contributed by atoms with Gasteiger partial charge >= 0.3 is 5.82 Å². The van der Waals surface area contributed by atoms with Crippen molar-refractivity contribution in [1.82, 2.24) is 9.55 Å². The highest BCUT2D eigenvalue weighted by Crippen LogP contribution is 2.36. The number of nitro groups is 1. The highest BCUT2D eigenvalue weighted by molar-refractivity contribution is 5.53. The third kappa shape index (κ3) is 2.77. The Labute approximate surface area is 118 Å². The summed E-state index contributed by atoms with van der Waals surface area (Å²) in [6.07, 6.45) is 5.33. The Morgan fingerprint density at radius 2 is 2.10 bits per heavy atom. The number of imidazole rings is 1. The largest absolute Gasteiger partial charge is 0.406 e. The molecule has 1 saturated carbocycles. The normalized spacial score (nSPS) is 17.9. The predicted molar refractivity (Wildman–Crippen MR) is 75.7 cm³/mol. The smallest absolute Gasteiger partial charge is 0.396 e. The van der Waals surface area contributed by atoms with Crippen molar-refractivity contribution < 1.29 is 10.0 Å². The maximum absolute atomic E-state index is 11.0. The van der Waals surface area contributed by atoms with Gasteiger partial charge in [0.05, 0.1) is 6.61 Å². The van der Waals surface area contributed by atoms with Gasteiger partial charge in [0.1, 0.15) is 0 Å². The van der Waals surface area contributed by atoms with Crippen molar-refractivity contribution in [3.8, 4) is 0 Å². The van der Waals surface area contributed by atoms with Crippen LogP contribution in [0.25, 0.3) is 0 Å². The molecular formula is C13H22N4O3. The van der Waals surface area contributed by atoms with Crippen molar-refractivity contribution in [2.75, 3.05) is 18.5 Å². The van der Waals surface area contributed by atoms with Crippen molar-refractivity contribution in [1.29, 1.82) is 0 Å². The van der Waals surface area contributed by atoms with E-state index in [0.717, 1.165) is 25.7 Å². The van der Waals surface area contributed by atoms with Gasteiger partial charge in [-0.1, -0.05) is 19.3 Å². The lowest BCUT2D eigenvalue weighted by Crippen LogP contribution is -2.36. The summed E-state index contributed by atoms with van der Waals surface area (Å²) in [5.74, 6) is 0.876. The van der Waals surface area contributed by atoms with Crippen LogP contribution in [0.1, 0.15) is 37.9 Å². The van der Waals surface area contributed by atoms with Gasteiger partial charge in [0.2, 0.25) is 11.6 Å². The van der Waals surface area contributed by atoms with E-state index >= 15 is 0 Å². The number of rotatable bonds is 5. The minimum Gasteiger partial charge on any atom is -0.396 e. The molecule has 7 nitrogen and oxygen atoms in total. The number of aliphatic hydroxyl groups is 1. The molecule has 2 rings (SSSR count). The average molecular weight is 282 g/mol. The number of hydrogen-bond donors (Lipinski definition) is 2. The van der Waals surface area contributed by atoms with Gasteiger partial charge in [-0.15, -0.1) is 0 Å². The summed E-state index contributed by atoms with van der Waals surface area (Å²) in [5.41, 5.74) is -0.162. The van der Waals surface area contributed by atoms with Gasteiger partial charge in [-0.05, 0) is 22.7 Å². The zero-order valence-corrected chi connectivity index (χ0v) is 12.1. The van der Waals surface area contributed by atoms with E-state index in [-0.39, 0.29) is 17.8 Å². The Bertz CT molecular complexity index is 492. The third-order valence-corrected chi connectivity index (χ3v) is 4.35. The van der Waals surface area contributed by atoms with Crippen LogP contribution in [0.15, 0.2) is 0 Å². The molecule has 0 atom stereocenters. The second-order valence-electron chi connectivity index (χ2n) is 5.72. The lowest BCUT2D eigenvalue weighted by atomic mass is 9.74. The number of aryl methyl sites for hydroxylation is 1. The third-order valence-electron chi connectivity index (χ3n) is 4.35. The predicted octanol–water partition coefficient (Wildman–Crippen LogP) is 1.99. The Morgan fingerprint density at radius 3 is 2.65 bits per heavy atom. The molecule has 7 heteroatoms. The van der Waals surface area contributed by atoms with Crippen molar-refractivity contribution in [3.63, 3.8) is 0 Å². The standard InChI is InChI=1S/C13H22N4O3/c1-10-15-12(17(19)20)11(16(10)2)14-8-13(9-18)6-4-3-5-7-13/h14,18H,3-9H2,1-2H3. The van der Waals surface area contributed by atoms with E-state index in [0.29, 0.717) is 18.2 Å². The lowest BCUT2D eigenvalue weighted by Gasteiger charge is -2.35. The molecule has 2 N–H and O–H groups in total. The molecule has 0 spiro atoms. The zero-order valence-electron chi connectivity index (χ0n) is 12.1. The Kier molecular flexibility index (Phi) is 4.27. The number of hydrogen-bond acceptors (Lipinski definition) is 5. The minimum absolute atomic E-state index is 0.116. The molecule has 1 heterocycles. The minimum atomic E-state index is -0.470. The van der Waals surface area contributed by atoms with Crippen LogP contribution >= 0.6 is 0 Å². The van der Waals surface area contributed by atoms with Crippen molar-refractivity contribution in [3.05, 3.63) is 15.9 Å². The molecule has 1 aliphatic rings. The van der Waals surface area contributed by atoms with Gasteiger partial charge in [-0.3, -0.25) is 4.57 Å². The second-order valence-corrected chi connectivity index (χ2v) is 5.72. The van der Waals surface area contributed by atoms with Gasteiger partial charge in [0.25, 0.3) is 0 Å². The van der Waals surface area contributed by atoms with Gasteiger partial charge in [0, 0.05) is 25.9 Å². The Balaban J connectivity index is 2.15. The molecular weight excluding hydrogens is 260 g/mol. The molecule has 0 radical (unpaired) electrons. The molecule has 112 valence electrons. The fourth-order valence-corrected chi connectivity index (χ4v) is 2.88. The quantitative estimate of drug-likeness (QED) is 0.636. The van der Waals surface area contributed by atoms with Gasteiger partial charge in [-0.2, -0.15) is 0 Å². The summed E-state index contributed by atoms with van der Waals surface area (Å²) in [4.78, 5) is 14.5. The molecule has 0 bridgehead atoms. The maximum atomic E-state index is 11.0. The van der Waals surface area contributed by atoms with E-state index in [1.54, 1.807) is 18.5 Å². The Hall–Kier alpha value is -1.63. The van der Waals surface area contributed by atoms with Gasteiger partial charge < -0.3 is 20.5 Å². The molecule has 0 amide bonds. The monoisotopic (exact) mass is 282 g/mol. The van der Waals surface area contributed by atoms with Gasteiger partial charge in [0.15, 0.2) is 0 Å². The highest BCUT2D eigenvalue weighted by atomic mass is 16.6. The van der Waals surface area contributed by atoms with E-state index in [1.165, 1.54) is 6.42 Å². The van der Waals surface area contributed by atoms with Crippen LogP contribution < -0.4 is 5.32 Å². The van der Waals surface area contributed by atoms with E-state index in [2.05, 4.69) is 10.3 Å². The number of anilines is 1. The first-order valence-electron chi connectivity index (χ1n) is 7.01. The second kappa shape index (κ2) is 5.78. The maximum Gasteiger partial charge on any atom is 0.406 e. The molecule has 0 aromatic carbocycles. The Morgan fingerprint density at radius 1 is 1.45 bits per heavy atom. The SMILES string of the molecule is Cc1nc([N+](=O)[O-])c(NCC2(CO)CCCCC2)n1C. The van der Waals surface area contributed by atoms with Crippen LogP contribution in [-0.4, -0.2) is 32.7 Å². The van der Waals surface area contributed by atoms with Crippen LogP contribution in [0.4, 0.5) is 11.6 Å². The fraction of sp³-hybridized carbons (Fsp3) is 0.769. The van der Waals surface area contributed by atoms with E-state index < -0.39 is 4.92 Å². The van der Waals surface area contributed by atoms with Crippen molar-refractivity contribution >= 4 is 11.6 Å². The molecule has 1 aromatic heterocycles. The molecule has 1 aromatic rings. The summed E-state index contributed by atoms with van der Waals surface area (Å²) in [7, 11) is 1.75. The summed E-state index contributed by atoms with van der Waals surface area (Å²) >= 11 is 0. The first-order valence-corrected chi connectivity index (χ1v) is 7.01. The summed E-state index contributed by atoms with van der Waals surface area (Å²) in [6, 6.07) is 0. The highest BCUT2D eigenvalue weighted by Gasteiger charge is 2.33. The molecule has 1 aliphatic carbocycles. The van der Waals surface area contributed by atoms with Crippen LogP contribution in [0, 0.1) is 22.5 Å². The summed E-state index contributed by atoms with van der Waals surface area (Å²) in [5, 5.41) is 23.8. The average Bonchev–Trinajstić information content (AvgIpc) is 2.74. The van der Waals surface area contributed by atoms with E-state index in [1.807, 2.05) is 0 Å². The van der Waals surface area contributed by atoms with Crippen molar-refractivity contribution in [2.24, 2.45) is 12.5 Å². The van der Waals surface area contributed by atoms with Crippen molar-refractivity contribution in [2.45, 2.75) is 39.0 Å². The number of aliphatic hydroxyl groups excluding tert-OH is 1. The molecule has 20 heavy (non-hydrogen) atoms. The zero-order chi connectivity index (χ0) is 14.8. The van der Waals surface area contributed by atoms with Crippen LogP contribution in [0.3, 0.4) is 0 Å². The lowest BCUT2D eigenvalue weighted by molar-refractivity contribution is -0.388. The van der Waals surface area contributed by atoms with Crippen LogP contribution in [-0.2, 0) is 7.05 Å². The molecule has 0 saturated heterocycles. The topological polar surface area (TPSA) is 93.2 Å². The van der Waals surface area contributed by atoms with Crippen LogP contribution in [0.2, 0.25) is 0 Å². The number of nitrogens with zero attached hydrogens (tertiary/aromatic N) is 3. The van der Waals surface area contributed by atoms with Crippen LogP contribution in [0.5, 0.6) is 0 Å². The first kappa shape index (κ1) is 14.8. The summed E-state index contributed by atoms with van der Waals surface area (Å²) in [6.45, 7) is 2.40. The summed E-state index contributed by atoms with van der Waals surface area (Å²) < 4.78 is 1.69.